The van der Waals surface area contributed by atoms with Crippen molar-refractivity contribution in [2.75, 3.05) is 0 Å². The fourth-order valence-corrected chi connectivity index (χ4v) is 1.25. The van der Waals surface area contributed by atoms with E-state index in [1.807, 2.05) is 13.8 Å². The van der Waals surface area contributed by atoms with Crippen molar-refractivity contribution in [2.45, 2.75) is 26.9 Å². The Kier molecular flexibility index (Phi) is 7.22. The van der Waals surface area contributed by atoms with Gasteiger partial charge in [0, 0.05) is 6.21 Å². The molecular weight excluding hydrogens is 277 g/mol. The summed E-state index contributed by atoms with van der Waals surface area (Å²) >= 11 is 5.47. The number of hydrogen-bond donors (Lipinski definition) is 1. The Morgan fingerprint density at radius 3 is 2.37 bits per heavy atom. The van der Waals surface area contributed by atoms with Gasteiger partial charge in [-0.2, -0.15) is 13.2 Å². The lowest BCUT2D eigenvalue weighted by atomic mass is 10.2. The monoisotopic (exact) mass is 292 g/mol. The van der Waals surface area contributed by atoms with Crippen molar-refractivity contribution >= 4 is 23.5 Å². The van der Waals surface area contributed by atoms with E-state index in [4.69, 9.17) is 17.3 Å². The van der Waals surface area contributed by atoms with Crippen LogP contribution in [0.15, 0.2) is 35.0 Å². The Bertz CT molecular complexity index is 465. The summed E-state index contributed by atoms with van der Waals surface area (Å²) < 4.78 is 37.6. The summed E-state index contributed by atoms with van der Waals surface area (Å²) in [6, 6.07) is 3.46. The number of benzene rings is 1. The van der Waals surface area contributed by atoms with Crippen LogP contribution in [0.1, 0.15) is 26.3 Å². The highest BCUT2D eigenvalue weighted by Crippen LogP contribution is 2.36. The first-order chi connectivity index (χ1) is 8.84. The van der Waals surface area contributed by atoms with Crippen molar-refractivity contribution < 1.29 is 13.2 Å². The molecule has 0 aromatic heterocycles. The third-order valence-corrected chi connectivity index (χ3v) is 2.27. The summed E-state index contributed by atoms with van der Waals surface area (Å²) in [5.41, 5.74) is 5.12. The van der Waals surface area contributed by atoms with Crippen LogP contribution in [-0.2, 0) is 6.18 Å². The van der Waals surface area contributed by atoms with E-state index in [-0.39, 0.29) is 10.7 Å². The first-order valence-corrected chi connectivity index (χ1v) is 6.01. The molecule has 0 radical (unpaired) electrons. The molecule has 0 bridgehead atoms. The Balaban J connectivity index is 0.00000154. The number of aliphatic imine (C=N–C) groups is 1. The molecular formula is C13H16ClF3N2. The van der Waals surface area contributed by atoms with Gasteiger partial charge >= 0.3 is 6.18 Å². The number of nitrogens with two attached hydrogens (primary N) is 1. The van der Waals surface area contributed by atoms with Gasteiger partial charge in [0.25, 0.3) is 0 Å². The van der Waals surface area contributed by atoms with Gasteiger partial charge in [0.05, 0.1) is 16.3 Å². The summed E-state index contributed by atoms with van der Waals surface area (Å²) in [6.07, 6.45) is -1.80. The molecule has 0 amide bonds. The number of alkyl halides is 3. The Morgan fingerprint density at radius 2 is 1.89 bits per heavy atom. The van der Waals surface area contributed by atoms with Gasteiger partial charge in [-0.1, -0.05) is 25.4 Å². The molecule has 0 atom stereocenters. The fraction of sp³-hybridized carbons (Fsp3) is 0.308. The molecule has 1 aromatic rings. The molecule has 0 aliphatic carbocycles. The van der Waals surface area contributed by atoms with E-state index in [1.165, 1.54) is 24.5 Å². The van der Waals surface area contributed by atoms with Crippen LogP contribution in [0.5, 0.6) is 0 Å². The maximum Gasteiger partial charge on any atom is 0.417 e. The zero-order valence-electron chi connectivity index (χ0n) is 10.9. The van der Waals surface area contributed by atoms with Crippen molar-refractivity contribution in [3.05, 3.63) is 40.6 Å². The molecule has 6 heteroatoms. The second-order valence-corrected chi connectivity index (χ2v) is 3.74. The quantitative estimate of drug-likeness (QED) is 0.770. The van der Waals surface area contributed by atoms with Gasteiger partial charge in [-0.15, -0.1) is 0 Å². The molecule has 106 valence electrons. The Hall–Kier alpha value is -1.49. The van der Waals surface area contributed by atoms with Crippen molar-refractivity contribution in [3.8, 4) is 0 Å². The van der Waals surface area contributed by atoms with Gasteiger partial charge in [0.2, 0.25) is 0 Å². The highest BCUT2D eigenvalue weighted by atomic mass is 35.5. The molecule has 0 saturated carbocycles. The average molecular weight is 293 g/mol. The number of hydrogen-bond acceptors (Lipinski definition) is 2. The first-order valence-electron chi connectivity index (χ1n) is 5.64. The molecule has 19 heavy (non-hydrogen) atoms. The lowest BCUT2D eigenvalue weighted by molar-refractivity contribution is -0.137. The predicted octanol–water partition coefficient (Wildman–Crippen LogP) is 4.95. The fourth-order valence-electron chi connectivity index (χ4n) is 1.03. The van der Waals surface area contributed by atoms with Gasteiger partial charge in [-0.3, -0.25) is 4.99 Å². The normalized spacial score (nSPS) is 12.3. The van der Waals surface area contributed by atoms with Gasteiger partial charge in [-0.25, -0.2) is 0 Å². The number of halogens is 4. The minimum absolute atomic E-state index is 0.169. The van der Waals surface area contributed by atoms with E-state index in [9.17, 15) is 13.2 Å². The van der Waals surface area contributed by atoms with Crippen molar-refractivity contribution in [3.63, 3.8) is 0 Å². The van der Waals surface area contributed by atoms with E-state index >= 15 is 0 Å². The van der Waals surface area contributed by atoms with E-state index in [0.29, 0.717) is 5.57 Å². The minimum Gasteiger partial charge on any atom is -0.404 e. The smallest absolute Gasteiger partial charge is 0.404 e. The zero-order chi connectivity index (χ0) is 15.1. The molecule has 0 aliphatic heterocycles. The molecule has 1 aromatic carbocycles. The molecule has 0 spiro atoms. The van der Waals surface area contributed by atoms with Crippen LogP contribution in [0.2, 0.25) is 5.02 Å². The van der Waals surface area contributed by atoms with Crippen LogP contribution in [0.4, 0.5) is 18.9 Å². The standard InChI is InChI=1S/C11H10ClF3N2.C2H6/c1-7(5-16)6-17-8-2-3-10(12)9(4-8)11(13,14)15;1-2/h2-6H,16H2,1H3;1-2H3/b7-5-,17-6?;. The second-order valence-electron chi connectivity index (χ2n) is 3.33. The molecule has 0 saturated heterocycles. The second kappa shape index (κ2) is 7.84. The van der Waals surface area contributed by atoms with Crippen LogP contribution in [0.3, 0.4) is 0 Å². The molecule has 0 unspecified atom stereocenters. The van der Waals surface area contributed by atoms with E-state index < -0.39 is 11.7 Å². The largest absolute Gasteiger partial charge is 0.417 e. The maximum atomic E-state index is 12.5. The third kappa shape index (κ3) is 5.79. The van der Waals surface area contributed by atoms with Gasteiger partial charge < -0.3 is 5.73 Å². The Labute approximate surface area is 115 Å². The summed E-state index contributed by atoms with van der Waals surface area (Å²) in [7, 11) is 0. The Morgan fingerprint density at radius 1 is 1.32 bits per heavy atom. The topological polar surface area (TPSA) is 38.4 Å². The third-order valence-electron chi connectivity index (χ3n) is 1.94. The summed E-state index contributed by atoms with van der Waals surface area (Å²) in [6.45, 7) is 5.68. The molecule has 0 heterocycles. The lowest BCUT2D eigenvalue weighted by Crippen LogP contribution is -2.05. The van der Waals surface area contributed by atoms with Crippen LogP contribution in [-0.4, -0.2) is 6.21 Å². The van der Waals surface area contributed by atoms with Gasteiger partial charge in [0.15, 0.2) is 0 Å². The predicted molar refractivity (Wildman–Crippen MR) is 73.9 cm³/mol. The van der Waals surface area contributed by atoms with E-state index in [2.05, 4.69) is 4.99 Å². The number of rotatable bonds is 2. The number of allylic oxidation sites excluding steroid dienone is 1. The summed E-state index contributed by atoms with van der Waals surface area (Å²) in [5.74, 6) is 0. The minimum atomic E-state index is -4.48. The molecule has 2 N–H and O–H groups in total. The summed E-state index contributed by atoms with van der Waals surface area (Å²) in [5, 5.41) is -0.345. The molecule has 2 nitrogen and oxygen atoms in total. The zero-order valence-corrected chi connectivity index (χ0v) is 11.7. The SMILES string of the molecule is C/C(C=Nc1ccc(Cl)c(C(F)(F)F)c1)=C/N.CC. The van der Waals surface area contributed by atoms with Crippen LogP contribution in [0, 0.1) is 0 Å². The average Bonchev–Trinajstić information content (AvgIpc) is 2.38. The van der Waals surface area contributed by atoms with E-state index in [0.717, 1.165) is 6.07 Å². The van der Waals surface area contributed by atoms with Crippen molar-refractivity contribution in [1.29, 1.82) is 0 Å². The van der Waals surface area contributed by atoms with Gasteiger partial charge in [-0.05, 0) is 36.9 Å². The molecule has 1 rings (SSSR count). The molecule has 0 fully saturated rings. The van der Waals surface area contributed by atoms with Gasteiger partial charge in [0.1, 0.15) is 0 Å². The van der Waals surface area contributed by atoms with Crippen molar-refractivity contribution in [2.24, 2.45) is 10.7 Å². The highest BCUT2D eigenvalue weighted by molar-refractivity contribution is 6.31. The summed E-state index contributed by atoms with van der Waals surface area (Å²) in [4.78, 5) is 3.86. The van der Waals surface area contributed by atoms with E-state index in [1.54, 1.807) is 6.92 Å². The van der Waals surface area contributed by atoms with Crippen LogP contribution < -0.4 is 5.73 Å². The molecule has 0 aliphatic rings. The maximum absolute atomic E-state index is 12.5. The van der Waals surface area contributed by atoms with Crippen LogP contribution >= 0.6 is 11.6 Å². The highest BCUT2D eigenvalue weighted by Gasteiger charge is 2.33. The van der Waals surface area contributed by atoms with Crippen LogP contribution in [0.25, 0.3) is 0 Å². The lowest BCUT2D eigenvalue weighted by Gasteiger charge is -2.08. The van der Waals surface area contributed by atoms with Crippen molar-refractivity contribution in [1.82, 2.24) is 0 Å². The first kappa shape index (κ1) is 17.5. The number of nitrogens with zero attached hydrogens (tertiary/aromatic N) is 1.